The molecule has 2 heterocycles. The highest BCUT2D eigenvalue weighted by molar-refractivity contribution is 5.75. The van der Waals surface area contributed by atoms with Crippen LogP contribution in [0.5, 0.6) is 0 Å². The van der Waals surface area contributed by atoms with Crippen LogP contribution in [0.2, 0.25) is 0 Å². The van der Waals surface area contributed by atoms with Gasteiger partial charge in [-0.2, -0.15) is 5.10 Å². The molecular formula is C8H12N4O2. The lowest BCUT2D eigenvalue weighted by atomic mass is 10.2. The third kappa shape index (κ3) is 1.48. The second-order valence-electron chi connectivity index (χ2n) is 3.21. The molecule has 0 bridgehead atoms. The Kier molecular flexibility index (Phi) is 2.20. The highest BCUT2D eigenvalue weighted by atomic mass is 16.5. The van der Waals surface area contributed by atoms with Gasteiger partial charge in [-0.25, -0.2) is 9.67 Å². The third-order valence-corrected chi connectivity index (χ3v) is 2.20. The largest absolute Gasteiger partial charge is 0.468 e. The van der Waals surface area contributed by atoms with Gasteiger partial charge in [0.25, 0.3) is 0 Å². The number of fused-ring (bicyclic) bond motifs is 1. The Morgan fingerprint density at radius 2 is 2.50 bits per heavy atom. The molecule has 6 nitrogen and oxygen atoms in total. The van der Waals surface area contributed by atoms with E-state index in [1.807, 2.05) is 6.92 Å². The molecule has 0 spiro atoms. The Morgan fingerprint density at radius 3 is 3.21 bits per heavy atom. The van der Waals surface area contributed by atoms with Crippen LogP contribution in [-0.2, 0) is 22.6 Å². The topological polar surface area (TPSA) is 69.0 Å². The highest BCUT2D eigenvalue weighted by Crippen LogP contribution is 2.06. The van der Waals surface area contributed by atoms with Crippen molar-refractivity contribution in [3.05, 3.63) is 11.6 Å². The van der Waals surface area contributed by atoms with Crippen LogP contribution < -0.4 is 5.32 Å². The molecule has 0 amide bonds. The zero-order chi connectivity index (χ0) is 10.1. The lowest BCUT2D eigenvalue weighted by Gasteiger charge is -2.21. The third-order valence-electron chi connectivity index (χ3n) is 2.20. The summed E-state index contributed by atoms with van der Waals surface area (Å²) in [5.41, 5.74) is 0. The van der Waals surface area contributed by atoms with E-state index in [0.29, 0.717) is 13.1 Å². The lowest BCUT2D eigenvalue weighted by molar-refractivity contribution is -0.144. The smallest absolute Gasteiger partial charge is 0.324 e. The lowest BCUT2D eigenvalue weighted by Crippen LogP contribution is -2.45. The highest BCUT2D eigenvalue weighted by Gasteiger charge is 2.26. The number of esters is 1. The molecule has 0 saturated heterocycles. The fraction of sp³-hybridized carbons (Fsp3) is 0.625. The monoisotopic (exact) mass is 196 g/mol. The van der Waals surface area contributed by atoms with Crippen molar-refractivity contribution in [2.75, 3.05) is 7.11 Å². The van der Waals surface area contributed by atoms with Crippen molar-refractivity contribution in [1.82, 2.24) is 20.1 Å². The molecule has 6 heteroatoms. The fourth-order valence-corrected chi connectivity index (χ4v) is 1.53. The number of methoxy groups -OCH3 is 1. The first-order chi connectivity index (χ1) is 6.70. The molecule has 1 aromatic heterocycles. The second-order valence-corrected chi connectivity index (χ2v) is 3.21. The minimum Gasteiger partial charge on any atom is -0.468 e. The van der Waals surface area contributed by atoms with Crippen LogP contribution in [0, 0.1) is 6.92 Å². The first-order valence-electron chi connectivity index (χ1n) is 4.42. The first-order valence-corrected chi connectivity index (χ1v) is 4.42. The molecule has 2 rings (SSSR count). The summed E-state index contributed by atoms with van der Waals surface area (Å²) < 4.78 is 6.39. The summed E-state index contributed by atoms with van der Waals surface area (Å²) in [4.78, 5) is 15.4. The van der Waals surface area contributed by atoms with Crippen molar-refractivity contribution in [3.8, 4) is 0 Å². The molecule has 1 aliphatic heterocycles. The molecule has 0 saturated carbocycles. The number of carbonyl (C=O) groups excluding carboxylic acids is 1. The number of nitrogens with zero attached hydrogens (tertiary/aromatic N) is 3. The minimum absolute atomic E-state index is 0.260. The standard InChI is InChI=1S/C8H12N4O2/c1-5-10-7-3-9-6(8(13)14-2)4-12(7)11-5/h6,9H,3-4H2,1-2H3. The van der Waals surface area contributed by atoms with Gasteiger partial charge in [-0.3, -0.25) is 10.1 Å². The van der Waals surface area contributed by atoms with Crippen molar-refractivity contribution < 1.29 is 9.53 Å². The van der Waals surface area contributed by atoms with E-state index in [4.69, 9.17) is 0 Å². The molecule has 1 atom stereocenters. The van der Waals surface area contributed by atoms with Crippen molar-refractivity contribution in [2.45, 2.75) is 26.1 Å². The maximum absolute atomic E-state index is 11.2. The SMILES string of the molecule is COC(=O)C1Cn2nc(C)nc2CN1. The van der Waals surface area contributed by atoms with E-state index >= 15 is 0 Å². The van der Waals surface area contributed by atoms with Crippen molar-refractivity contribution >= 4 is 5.97 Å². The van der Waals surface area contributed by atoms with Crippen molar-refractivity contribution in [1.29, 1.82) is 0 Å². The number of ether oxygens (including phenoxy) is 1. The zero-order valence-corrected chi connectivity index (χ0v) is 8.15. The van der Waals surface area contributed by atoms with Crippen LogP contribution in [0.3, 0.4) is 0 Å². The normalized spacial score (nSPS) is 20.3. The average molecular weight is 196 g/mol. The molecule has 14 heavy (non-hydrogen) atoms. The summed E-state index contributed by atoms with van der Waals surface area (Å²) in [6, 6.07) is -0.311. The van der Waals surface area contributed by atoms with Gasteiger partial charge in [-0.05, 0) is 6.92 Å². The molecule has 0 fully saturated rings. The molecule has 1 N–H and O–H groups in total. The molecule has 1 aromatic rings. The van der Waals surface area contributed by atoms with Crippen molar-refractivity contribution in [3.63, 3.8) is 0 Å². The molecule has 76 valence electrons. The summed E-state index contributed by atoms with van der Waals surface area (Å²) in [6.07, 6.45) is 0. The number of aromatic nitrogens is 3. The molecule has 0 radical (unpaired) electrons. The number of nitrogens with one attached hydrogen (secondary N) is 1. The first kappa shape index (κ1) is 9.14. The predicted octanol–water partition coefficient (Wildman–Crippen LogP) is -0.769. The Labute approximate surface area is 81.3 Å². The fourth-order valence-electron chi connectivity index (χ4n) is 1.53. The van der Waals surface area contributed by atoms with Crippen LogP contribution in [0.1, 0.15) is 11.6 Å². The number of carbonyl (C=O) groups is 1. The van der Waals surface area contributed by atoms with Crippen LogP contribution in [0.4, 0.5) is 0 Å². The average Bonchev–Trinajstić information content (AvgIpc) is 2.55. The molecule has 0 aromatic carbocycles. The van der Waals surface area contributed by atoms with Crippen LogP contribution in [0.25, 0.3) is 0 Å². The number of hydrogen-bond acceptors (Lipinski definition) is 5. The van der Waals surface area contributed by atoms with Gasteiger partial charge in [0.2, 0.25) is 0 Å². The van der Waals surface area contributed by atoms with Gasteiger partial charge in [0, 0.05) is 0 Å². The summed E-state index contributed by atoms with van der Waals surface area (Å²) in [6.45, 7) is 2.88. The van der Waals surface area contributed by atoms with E-state index in [2.05, 4.69) is 20.1 Å². The summed E-state index contributed by atoms with van der Waals surface area (Å²) in [5.74, 6) is 1.33. The van der Waals surface area contributed by atoms with Crippen LogP contribution in [0.15, 0.2) is 0 Å². The predicted molar refractivity (Wildman–Crippen MR) is 47.4 cm³/mol. The summed E-state index contributed by atoms with van der Waals surface area (Å²) in [7, 11) is 1.38. The van der Waals surface area contributed by atoms with E-state index < -0.39 is 0 Å². The van der Waals surface area contributed by atoms with Crippen LogP contribution in [-0.4, -0.2) is 33.9 Å². The molecule has 0 aliphatic carbocycles. The maximum atomic E-state index is 11.2. The van der Waals surface area contributed by atoms with Gasteiger partial charge in [0.1, 0.15) is 17.7 Å². The number of hydrogen-bond donors (Lipinski definition) is 1. The van der Waals surface area contributed by atoms with E-state index in [-0.39, 0.29) is 12.0 Å². The van der Waals surface area contributed by atoms with E-state index in [1.54, 1.807) is 4.68 Å². The van der Waals surface area contributed by atoms with Gasteiger partial charge >= 0.3 is 5.97 Å². The van der Waals surface area contributed by atoms with E-state index in [1.165, 1.54) is 7.11 Å². The zero-order valence-electron chi connectivity index (χ0n) is 8.15. The van der Waals surface area contributed by atoms with E-state index in [0.717, 1.165) is 11.6 Å². The van der Waals surface area contributed by atoms with Gasteiger partial charge in [-0.1, -0.05) is 0 Å². The molecule has 1 aliphatic rings. The Balaban J connectivity index is 2.16. The Morgan fingerprint density at radius 1 is 1.71 bits per heavy atom. The van der Waals surface area contributed by atoms with Crippen LogP contribution >= 0.6 is 0 Å². The van der Waals surface area contributed by atoms with Crippen molar-refractivity contribution in [2.24, 2.45) is 0 Å². The summed E-state index contributed by atoms with van der Waals surface area (Å²) in [5, 5.41) is 7.22. The molecular weight excluding hydrogens is 184 g/mol. The second kappa shape index (κ2) is 3.38. The molecule has 1 unspecified atom stereocenters. The Bertz CT molecular complexity index is 360. The quantitative estimate of drug-likeness (QED) is 0.597. The van der Waals surface area contributed by atoms with Gasteiger partial charge in [-0.15, -0.1) is 0 Å². The maximum Gasteiger partial charge on any atom is 0.324 e. The minimum atomic E-state index is -0.311. The van der Waals surface area contributed by atoms with Gasteiger partial charge in [0.15, 0.2) is 0 Å². The van der Waals surface area contributed by atoms with Gasteiger partial charge in [0.05, 0.1) is 20.2 Å². The number of rotatable bonds is 1. The Hall–Kier alpha value is -1.43. The number of aryl methyl sites for hydroxylation is 1. The summed E-state index contributed by atoms with van der Waals surface area (Å²) >= 11 is 0. The van der Waals surface area contributed by atoms with Gasteiger partial charge < -0.3 is 4.74 Å². The van der Waals surface area contributed by atoms with E-state index in [9.17, 15) is 4.79 Å².